The molecule has 1 aliphatic heterocycles. The number of carbonyl (C=O) groups is 1. The first-order valence-corrected chi connectivity index (χ1v) is 4.21. The Kier molecular flexibility index (Phi) is 2.88. The highest BCUT2D eigenvalue weighted by molar-refractivity contribution is 5.82. The second kappa shape index (κ2) is 3.72. The van der Waals surface area contributed by atoms with Crippen LogP contribution in [-0.4, -0.2) is 25.0 Å². The van der Waals surface area contributed by atoms with E-state index < -0.39 is 0 Å². The molecule has 0 aromatic rings. The topological polar surface area (TPSA) is 41.1 Å². The van der Waals surface area contributed by atoms with Crippen LogP contribution in [-0.2, 0) is 4.79 Å². The summed E-state index contributed by atoms with van der Waals surface area (Å²) < 4.78 is 0. The van der Waals surface area contributed by atoms with E-state index in [1.165, 1.54) is 0 Å². The normalized spacial score (nSPS) is 25.4. The third-order valence-corrected chi connectivity index (χ3v) is 1.84. The zero-order valence-electron chi connectivity index (χ0n) is 7.18. The lowest BCUT2D eigenvalue weighted by molar-refractivity contribution is -0.124. The predicted molar refractivity (Wildman–Crippen MR) is 44.3 cm³/mol. The van der Waals surface area contributed by atoms with E-state index in [0.29, 0.717) is 5.92 Å². The van der Waals surface area contributed by atoms with E-state index in [-0.39, 0.29) is 11.9 Å². The van der Waals surface area contributed by atoms with E-state index in [1.54, 1.807) is 0 Å². The van der Waals surface area contributed by atoms with Gasteiger partial charge in [-0.3, -0.25) is 4.79 Å². The standard InChI is InChI=1S/C8H16N2O/c1-6(2)5-7-8(11)10-4-3-9-7/h6-7,9H,3-5H2,1-2H3,(H,10,11)/t7-/m1/s1. The molecule has 0 aromatic heterocycles. The monoisotopic (exact) mass is 156 g/mol. The zero-order valence-corrected chi connectivity index (χ0v) is 7.18. The Labute approximate surface area is 67.5 Å². The Morgan fingerprint density at radius 3 is 2.82 bits per heavy atom. The van der Waals surface area contributed by atoms with Gasteiger partial charge in [-0.1, -0.05) is 13.8 Å². The van der Waals surface area contributed by atoms with Crippen LogP contribution in [0.4, 0.5) is 0 Å². The van der Waals surface area contributed by atoms with Crippen molar-refractivity contribution in [3.8, 4) is 0 Å². The van der Waals surface area contributed by atoms with Gasteiger partial charge >= 0.3 is 0 Å². The summed E-state index contributed by atoms with van der Waals surface area (Å²) in [6, 6.07) is 0.0451. The van der Waals surface area contributed by atoms with Crippen molar-refractivity contribution in [3.05, 3.63) is 0 Å². The average molecular weight is 156 g/mol. The van der Waals surface area contributed by atoms with E-state index in [9.17, 15) is 4.79 Å². The van der Waals surface area contributed by atoms with E-state index in [2.05, 4.69) is 24.5 Å². The zero-order chi connectivity index (χ0) is 8.27. The molecule has 64 valence electrons. The Morgan fingerprint density at radius 2 is 2.27 bits per heavy atom. The van der Waals surface area contributed by atoms with Crippen molar-refractivity contribution in [1.82, 2.24) is 10.6 Å². The summed E-state index contributed by atoms with van der Waals surface area (Å²) in [7, 11) is 0. The summed E-state index contributed by atoms with van der Waals surface area (Å²) >= 11 is 0. The molecule has 0 spiro atoms. The van der Waals surface area contributed by atoms with E-state index in [1.807, 2.05) is 0 Å². The van der Waals surface area contributed by atoms with Gasteiger partial charge in [-0.05, 0) is 12.3 Å². The number of nitrogens with one attached hydrogen (secondary N) is 2. The molecule has 1 atom stereocenters. The summed E-state index contributed by atoms with van der Waals surface area (Å²) in [6.45, 7) is 5.93. The number of piperazine rings is 1. The molecule has 1 amide bonds. The van der Waals surface area contributed by atoms with Gasteiger partial charge in [0.15, 0.2) is 0 Å². The Bertz CT molecular complexity index is 145. The Balaban J connectivity index is 2.36. The van der Waals surface area contributed by atoms with Gasteiger partial charge in [0, 0.05) is 13.1 Å². The lowest BCUT2D eigenvalue weighted by atomic mass is 10.0. The first-order valence-electron chi connectivity index (χ1n) is 4.21. The van der Waals surface area contributed by atoms with Crippen molar-refractivity contribution in [2.75, 3.05) is 13.1 Å². The summed E-state index contributed by atoms with van der Waals surface area (Å²) in [5, 5.41) is 6.02. The van der Waals surface area contributed by atoms with Crippen molar-refractivity contribution in [2.45, 2.75) is 26.3 Å². The molecular formula is C8H16N2O. The van der Waals surface area contributed by atoms with Crippen molar-refractivity contribution >= 4 is 5.91 Å². The molecule has 1 heterocycles. The van der Waals surface area contributed by atoms with Crippen LogP contribution >= 0.6 is 0 Å². The van der Waals surface area contributed by atoms with Gasteiger partial charge in [0.2, 0.25) is 5.91 Å². The number of hydrogen-bond acceptors (Lipinski definition) is 2. The Hall–Kier alpha value is -0.570. The second-order valence-electron chi connectivity index (χ2n) is 3.43. The SMILES string of the molecule is CC(C)C[C@H]1NCCNC1=O. The first-order chi connectivity index (χ1) is 5.20. The number of amides is 1. The van der Waals surface area contributed by atoms with Crippen LogP contribution in [0.5, 0.6) is 0 Å². The van der Waals surface area contributed by atoms with E-state index in [0.717, 1.165) is 19.5 Å². The molecule has 0 radical (unpaired) electrons. The fourth-order valence-corrected chi connectivity index (χ4v) is 1.31. The number of rotatable bonds is 2. The lowest BCUT2D eigenvalue weighted by Crippen LogP contribution is -2.53. The smallest absolute Gasteiger partial charge is 0.237 e. The quantitative estimate of drug-likeness (QED) is 0.596. The Morgan fingerprint density at radius 1 is 1.55 bits per heavy atom. The van der Waals surface area contributed by atoms with Crippen LogP contribution in [0.1, 0.15) is 20.3 Å². The minimum Gasteiger partial charge on any atom is -0.353 e. The maximum atomic E-state index is 11.2. The summed E-state index contributed by atoms with van der Waals surface area (Å²) in [5.41, 5.74) is 0. The van der Waals surface area contributed by atoms with Crippen LogP contribution in [0.3, 0.4) is 0 Å². The van der Waals surface area contributed by atoms with Crippen LogP contribution in [0.15, 0.2) is 0 Å². The van der Waals surface area contributed by atoms with Gasteiger partial charge < -0.3 is 10.6 Å². The van der Waals surface area contributed by atoms with E-state index in [4.69, 9.17) is 0 Å². The molecule has 11 heavy (non-hydrogen) atoms. The van der Waals surface area contributed by atoms with E-state index >= 15 is 0 Å². The summed E-state index contributed by atoms with van der Waals surface area (Å²) in [6.07, 6.45) is 0.936. The van der Waals surface area contributed by atoms with Crippen molar-refractivity contribution in [3.63, 3.8) is 0 Å². The third kappa shape index (κ3) is 2.50. The van der Waals surface area contributed by atoms with Gasteiger partial charge in [-0.15, -0.1) is 0 Å². The molecule has 1 saturated heterocycles. The van der Waals surface area contributed by atoms with Crippen molar-refractivity contribution in [2.24, 2.45) is 5.92 Å². The summed E-state index contributed by atoms with van der Waals surface area (Å²) in [4.78, 5) is 11.2. The van der Waals surface area contributed by atoms with Crippen molar-refractivity contribution in [1.29, 1.82) is 0 Å². The van der Waals surface area contributed by atoms with Gasteiger partial charge in [-0.2, -0.15) is 0 Å². The molecule has 0 aliphatic carbocycles. The summed E-state index contributed by atoms with van der Waals surface area (Å²) in [5.74, 6) is 0.737. The molecular weight excluding hydrogens is 140 g/mol. The van der Waals surface area contributed by atoms with Gasteiger partial charge in [0.25, 0.3) is 0 Å². The van der Waals surface area contributed by atoms with Crippen LogP contribution in [0, 0.1) is 5.92 Å². The largest absolute Gasteiger partial charge is 0.353 e. The molecule has 0 unspecified atom stereocenters. The molecule has 1 fully saturated rings. The molecule has 0 saturated carbocycles. The minimum absolute atomic E-state index is 0.0451. The maximum absolute atomic E-state index is 11.2. The number of hydrogen-bond donors (Lipinski definition) is 2. The lowest BCUT2D eigenvalue weighted by Gasteiger charge is -2.24. The minimum atomic E-state index is 0.0451. The molecule has 1 aliphatic rings. The first kappa shape index (κ1) is 8.53. The highest BCUT2D eigenvalue weighted by Gasteiger charge is 2.21. The average Bonchev–Trinajstić information content (AvgIpc) is 1.93. The highest BCUT2D eigenvalue weighted by Crippen LogP contribution is 2.05. The maximum Gasteiger partial charge on any atom is 0.237 e. The molecule has 0 bridgehead atoms. The highest BCUT2D eigenvalue weighted by atomic mass is 16.2. The fourth-order valence-electron chi connectivity index (χ4n) is 1.31. The van der Waals surface area contributed by atoms with Gasteiger partial charge in [0.05, 0.1) is 6.04 Å². The predicted octanol–water partition coefficient (Wildman–Crippen LogP) is 0.120. The molecule has 3 heteroatoms. The molecule has 1 rings (SSSR count). The van der Waals surface area contributed by atoms with Crippen molar-refractivity contribution < 1.29 is 4.79 Å². The van der Waals surface area contributed by atoms with Crippen LogP contribution in [0.2, 0.25) is 0 Å². The van der Waals surface area contributed by atoms with Crippen LogP contribution < -0.4 is 10.6 Å². The molecule has 0 aromatic carbocycles. The molecule has 3 nitrogen and oxygen atoms in total. The number of carbonyl (C=O) groups excluding carboxylic acids is 1. The van der Waals surface area contributed by atoms with Crippen LogP contribution in [0.25, 0.3) is 0 Å². The fraction of sp³-hybridized carbons (Fsp3) is 0.875. The van der Waals surface area contributed by atoms with Gasteiger partial charge in [-0.25, -0.2) is 0 Å². The third-order valence-electron chi connectivity index (χ3n) is 1.84. The van der Waals surface area contributed by atoms with Gasteiger partial charge in [0.1, 0.15) is 0 Å². The second-order valence-corrected chi connectivity index (χ2v) is 3.43. The molecule has 2 N–H and O–H groups in total.